The standard InChI is InChI=1S/C30H27F2N5O3.C10H17NO2.C9H17N/c1-5-19-22(31)12-9-16-7-6-8-20(23(16)19)25-24(32)26-21(13-33-25)27(35-28(38)34-26)36-14-17-10-11-18(15-36)37(17)29(39)40-30(2,3)4;1-10-4-2-6-11(10)9(3-5-10)7-13-8-12;1-10-7-5-9(6-8-10)3-2-4-9/h1,6-9,12-13,17-18H,10-11,14-15H2,2-4H3,(H,34,35,38);8-9H,2-7H2,1H3;2-8H2,1H3/t;9?,10-;/m.0./s1. The number of likely N-dealkylation sites (tertiary alicyclic amines) is 1. The number of nitrogens with zero attached hydrogens (tertiary/aromatic N) is 6. The van der Waals surface area contributed by atoms with Gasteiger partial charge in [0.25, 0.3) is 6.47 Å². The van der Waals surface area contributed by atoms with E-state index in [1.807, 2.05) is 25.7 Å². The van der Waals surface area contributed by atoms with E-state index in [0.717, 1.165) is 18.3 Å². The molecule has 1 N–H and O–H groups in total. The molecule has 5 saturated heterocycles. The number of amides is 1. The lowest BCUT2D eigenvalue weighted by atomic mass is 9.63. The Kier molecular flexibility index (Phi) is 12.6. The van der Waals surface area contributed by atoms with Crippen molar-refractivity contribution in [1.82, 2.24) is 29.7 Å². The van der Waals surface area contributed by atoms with Crippen molar-refractivity contribution in [2.75, 3.05) is 51.3 Å². The molecule has 1 amide bonds. The average Bonchev–Trinajstić information content (AvgIpc) is 3.86. The van der Waals surface area contributed by atoms with Crippen LogP contribution in [-0.2, 0) is 14.3 Å². The highest BCUT2D eigenvalue weighted by molar-refractivity contribution is 6.02. The molecule has 2 bridgehead atoms. The molecule has 6 fully saturated rings. The highest BCUT2D eigenvalue weighted by atomic mass is 19.1. The monoisotopic (exact) mass is 865 g/mol. The molecule has 4 aromatic rings. The number of aromatic amines is 1. The number of anilines is 1. The Morgan fingerprint density at radius 2 is 1.73 bits per heavy atom. The SMILES string of the molecule is C#Cc1c(F)ccc2cccc(-c3ncc4c(N5CC6CCC(C5)N6C(=O)OC(C)(C)C)nc(=O)[nH]c4c3F)c12.CN1CCC2(CCC2)CC1.C[C@@]12CCCN1C(COC=O)CC2. The third kappa shape index (κ3) is 9.01. The van der Waals surface area contributed by atoms with E-state index < -0.39 is 22.9 Å². The normalized spacial score (nSPS) is 25.1. The van der Waals surface area contributed by atoms with Crippen molar-refractivity contribution in [1.29, 1.82) is 0 Å². The molecular formula is C49H61F2N7O5. The fourth-order valence-corrected chi connectivity index (χ4v) is 11.0. The fraction of sp³-hybridized carbons (Fsp3) is 0.571. The van der Waals surface area contributed by atoms with Crippen molar-refractivity contribution in [3.05, 3.63) is 64.2 Å². The molecule has 1 spiro atoms. The zero-order valence-corrected chi connectivity index (χ0v) is 37.4. The molecule has 63 heavy (non-hydrogen) atoms. The minimum atomic E-state index is -0.770. The number of carbonyl (C=O) groups excluding carboxylic acids is 2. The first-order valence-corrected chi connectivity index (χ1v) is 22.7. The number of benzene rings is 2. The Balaban J connectivity index is 0.000000190. The second kappa shape index (κ2) is 17.8. The van der Waals surface area contributed by atoms with E-state index in [9.17, 15) is 18.8 Å². The number of carbonyl (C=O) groups is 2. The van der Waals surface area contributed by atoms with Crippen LogP contribution >= 0.6 is 0 Å². The number of halogens is 2. The van der Waals surface area contributed by atoms with Crippen LogP contribution < -0.4 is 10.6 Å². The summed E-state index contributed by atoms with van der Waals surface area (Å²) in [6, 6.07) is 8.16. The Labute approximate surface area is 368 Å². The molecule has 1 saturated carbocycles. The highest BCUT2D eigenvalue weighted by Gasteiger charge is 2.47. The van der Waals surface area contributed by atoms with Crippen molar-refractivity contribution in [3.63, 3.8) is 0 Å². The summed E-state index contributed by atoms with van der Waals surface area (Å²) in [5.41, 5.74) is 0.123. The van der Waals surface area contributed by atoms with E-state index in [1.165, 1.54) is 89.7 Å². The van der Waals surface area contributed by atoms with E-state index in [2.05, 4.69) is 44.6 Å². The summed E-state index contributed by atoms with van der Waals surface area (Å²) in [6.07, 6.45) is 20.8. The fourth-order valence-electron chi connectivity index (χ4n) is 11.0. The molecule has 336 valence electrons. The second-order valence-corrected chi connectivity index (χ2v) is 19.8. The number of fused-ring (bicyclic) bond motifs is 5. The number of rotatable bonds is 5. The highest BCUT2D eigenvalue weighted by Crippen LogP contribution is 2.48. The number of piperazine rings is 1. The van der Waals surface area contributed by atoms with E-state index >= 15 is 4.39 Å². The van der Waals surface area contributed by atoms with Gasteiger partial charge in [0, 0.05) is 41.8 Å². The van der Waals surface area contributed by atoms with Crippen molar-refractivity contribution in [2.24, 2.45) is 5.41 Å². The lowest BCUT2D eigenvalue weighted by molar-refractivity contribution is -0.130. The molecule has 10 rings (SSSR count). The Morgan fingerprint density at radius 1 is 1.00 bits per heavy atom. The molecule has 14 heteroatoms. The van der Waals surface area contributed by atoms with Crippen molar-refractivity contribution in [3.8, 4) is 23.6 Å². The molecule has 7 heterocycles. The van der Waals surface area contributed by atoms with Crippen molar-refractivity contribution in [2.45, 2.75) is 128 Å². The van der Waals surface area contributed by atoms with Crippen molar-refractivity contribution < 1.29 is 27.8 Å². The predicted octanol–water partition coefficient (Wildman–Crippen LogP) is 8.04. The lowest BCUT2D eigenvalue weighted by Gasteiger charge is -2.47. The first-order chi connectivity index (χ1) is 30.1. The van der Waals surface area contributed by atoms with E-state index in [4.69, 9.17) is 15.9 Å². The van der Waals surface area contributed by atoms with E-state index in [-0.39, 0.29) is 35.0 Å². The van der Waals surface area contributed by atoms with Crippen LogP contribution in [0.15, 0.2) is 41.3 Å². The van der Waals surface area contributed by atoms with Crippen LogP contribution in [0.1, 0.15) is 104 Å². The van der Waals surface area contributed by atoms with Gasteiger partial charge in [0.05, 0.1) is 28.6 Å². The summed E-state index contributed by atoms with van der Waals surface area (Å²) in [5, 5.41) is 1.33. The molecule has 4 atom stereocenters. The molecular weight excluding hydrogens is 805 g/mol. The Hall–Kier alpha value is -5.13. The van der Waals surface area contributed by atoms with Crippen LogP contribution in [0.3, 0.4) is 0 Å². The average molecular weight is 866 g/mol. The number of aromatic nitrogens is 3. The van der Waals surface area contributed by atoms with Gasteiger partial charge in [-0.25, -0.2) is 18.4 Å². The zero-order chi connectivity index (χ0) is 44.7. The molecule has 6 aliphatic rings. The number of ether oxygens (including phenoxy) is 2. The van der Waals surface area contributed by atoms with Gasteiger partial charge in [0.2, 0.25) is 0 Å². The predicted molar refractivity (Wildman–Crippen MR) is 240 cm³/mol. The molecule has 0 radical (unpaired) electrons. The maximum absolute atomic E-state index is 16.1. The summed E-state index contributed by atoms with van der Waals surface area (Å²) < 4.78 is 41.2. The molecule has 2 aromatic carbocycles. The van der Waals surface area contributed by atoms with Gasteiger partial charge < -0.3 is 24.3 Å². The van der Waals surface area contributed by atoms with Gasteiger partial charge in [-0.15, -0.1) is 6.42 Å². The minimum Gasteiger partial charge on any atom is -0.466 e. The summed E-state index contributed by atoms with van der Waals surface area (Å²) in [7, 11) is 2.24. The number of hydrogen-bond donors (Lipinski definition) is 1. The van der Waals surface area contributed by atoms with Gasteiger partial charge in [0.15, 0.2) is 5.82 Å². The number of terminal acetylenes is 1. The molecule has 5 aliphatic heterocycles. The molecule has 1 aliphatic carbocycles. The first-order valence-electron chi connectivity index (χ1n) is 22.7. The number of hydrogen-bond acceptors (Lipinski definition) is 10. The summed E-state index contributed by atoms with van der Waals surface area (Å²) in [5.74, 6) is 1.30. The number of pyridine rings is 1. The topological polar surface area (TPSA) is 124 Å². The molecule has 3 unspecified atom stereocenters. The van der Waals surface area contributed by atoms with Crippen LogP contribution in [0.2, 0.25) is 0 Å². The minimum absolute atomic E-state index is 0.0108. The summed E-state index contributed by atoms with van der Waals surface area (Å²) in [4.78, 5) is 55.4. The van der Waals surface area contributed by atoms with Crippen LogP contribution in [0.4, 0.5) is 19.4 Å². The smallest absolute Gasteiger partial charge is 0.410 e. The second-order valence-electron chi connectivity index (χ2n) is 19.8. The van der Waals surface area contributed by atoms with Crippen LogP contribution in [0.25, 0.3) is 32.9 Å². The van der Waals surface area contributed by atoms with Crippen LogP contribution in [0.5, 0.6) is 0 Å². The van der Waals surface area contributed by atoms with E-state index in [0.29, 0.717) is 65.3 Å². The van der Waals surface area contributed by atoms with E-state index in [1.54, 1.807) is 29.2 Å². The van der Waals surface area contributed by atoms with Gasteiger partial charge in [-0.3, -0.25) is 19.6 Å². The van der Waals surface area contributed by atoms with Crippen LogP contribution in [-0.4, -0.2) is 118 Å². The molecule has 2 aromatic heterocycles. The van der Waals surface area contributed by atoms with Crippen molar-refractivity contribution >= 4 is 40.1 Å². The maximum Gasteiger partial charge on any atom is 0.410 e. The first kappa shape index (κ1) is 44.5. The number of H-pyrrole nitrogens is 1. The van der Waals surface area contributed by atoms with Gasteiger partial charge in [-0.1, -0.05) is 36.6 Å². The lowest BCUT2D eigenvalue weighted by Crippen LogP contribution is -2.57. The number of piperidine rings is 1. The quantitative estimate of drug-likeness (QED) is 0.156. The third-order valence-electron chi connectivity index (χ3n) is 14.6. The van der Waals surface area contributed by atoms with Gasteiger partial charge in [-0.05, 0) is 135 Å². The maximum atomic E-state index is 16.1. The van der Waals surface area contributed by atoms with Crippen LogP contribution in [0, 0.1) is 29.4 Å². The Bertz CT molecular complexity index is 2440. The third-order valence-corrected chi connectivity index (χ3v) is 14.6. The number of nitrogens with one attached hydrogen (secondary N) is 1. The molecule has 12 nitrogen and oxygen atoms in total. The van der Waals surface area contributed by atoms with Gasteiger partial charge in [-0.2, -0.15) is 4.98 Å². The zero-order valence-electron chi connectivity index (χ0n) is 37.4. The summed E-state index contributed by atoms with van der Waals surface area (Å²) >= 11 is 0. The van der Waals surface area contributed by atoms with Gasteiger partial charge in [0.1, 0.15) is 29.5 Å². The summed E-state index contributed by atoms with van der Waals surface area (Å²) in [6.45, 7) is 13.7. The van der Waals surface area contributed by atoms with Gasteiger partial charge >= 0.3 is 11.8 Å². The largest absolute Gasteiger partial charge is 0.466 e. The Morgan fingerprint density at radius 3 is 2.38 bits per heavy atom.